The Morgan fingerprint density at radius 3 is 2.86 bits per heavy atom. The molecule has 1 unspecified atom stereocenters. The SMILES string of the molecule is CN(CCOc1ccc(CC2(C(=O)O)CCCO2)cn1)c1nc2ccccc2o1. The van der Waals surface area contributed by atoms with Crippen LogP contribution in [0, 0.1) is 0 Å². The number of carbonyl (C=O) groups is 1. The normalized spacial score (nSPS) is 18.8. The number of benzene rings is 1. The standard InChI is InChI=1S/C21H23N3O5/c1-24(20-23-16-5-2-3-6-17(16)29-20)10-12-27-18-8-7-15(14-22-18)13-21(19(25)26)9-4-11-28-21/h2-3,5-8,14H,4,9-13H2,1H3,(H,25,26). The Morgan fingerprint density at radius 2 is 2.17 bits per heavy atom. The number of carboxylic acids is 1. The number of likely N-dealkylation sites (N-methyl/N-ethyl adjacent to an activating group) is 1. The fourth-order valence-corrected chi connectivity index (χ4v) is 3.42. The zero-order valence-electron chi connectivity index (χ0n) is 16.2. The van der Waals surface area contributed by atoms with Crippen LogP contribution < -0.4 is 9.64 Å². The lowest BCUT2D eigenvalue weighted by Crippen LogP contribution is -2.40. The first kappa shape index (κ1) is 19.2. The van der Waals surface area contributed by atoms with E-state index in [2.05, 4.69) is 9.97 Å². The highest BCUT2D eigenvalue weighted by atomic mass is 16.5. The van der Waals surface area contributed by atoms with Crippen molar-refractivity contribution in [2.75, 3.05) is 31.7 Å². The van der Waals surface area contributed by atoms with Crippen molar-refractivity contribution >= 4 is 23.1 Å². The van der Waals surface area contributed by atoms with Gasteiger partial charge in [0.15, 0.2) is 11.2 Å². The number of hydrogen-bond acceptors (Lipinski definition) is 7. The number of rotatable bonds is 8. The molecular formula is C21H23N3O5. The molecule has 0 amide bonds. The molecular weight excluding hydrogens is 374 g/mol. The number of hydrogen-bond donors (Lipinski definition) is 1. The maximum Gasteiger partial charge on any atom is 0.336 e. The molecule has 1 aliphatic rings. The Hall–Kier alpha value is -3.13. The van der Waals surface area contributed by atoms with Crippen molar-refractivity contribution in [3.8, 4) is 5.88 Å². The number of fused-ring (bicyclic) bond motifs is 1. The van der Waals surface area contributed by atoms with Gasteiger partial charge in [0.25, 0.3) is 6.01 Å². The molecule has 3 heterocycles. The van der Waals surface area contributed by atoms with Crippen LogP contribution in [0.2, 0.25) is 0 Å². The quantitative estimate of drug-likeness (QED) is 0.620. The third-order valence-electron chi connectivity index (χ3n) is 5.07. The van der Waals surface area contributed by atoms with Crippen molar-refractivity contribution in [1.29, 1.82) is 0 Å². The summed E-state index contributed by atoms with van der Waals surface area (Å²) in [6, 6.07) is 11.7. The van der Waals surface area contributed by atoms with Gasteiger partial charge in [-0.05, 0) is 30.5 Å². The summed E-state index contributed by atoms with van der Waals surface area (Å²) in [5.41, 5.74) is 1.24. The molecule has 8 nitrogen and oxygen atoms in total. The molecule has 1 atom stereocenters. The maximum absolute atomic E-state index is 11.6. The lowest BCUT2D eigenvalue weighted by atomic mass is 9.92. The number of nitrogens with zero attached hydrogens (tertiary/aromatic N) is 3. The summed E-state index contributed by atoms with van der Waals surface area (Å²) in [6.07, 6.45) is 3.22. The van der Waals surface area contributed by atoms with Gasteiger partial charge in [0.2, 0.25) is 5.88 Å². The Bertz CT molecular complexity index is 946. The van der Waals surface area contributed by atoms with Gasteiger partial charge in [0.05, 0.1) is 6.54 Å². The average molecular weight is 397 g/mol. The molecule has 29 heavy (non-hydrogen) atoms. The second-order valence-corrected chi connectivity index (χ2v) is 7.17. The van der Waals surface area contributed by atoms with E-state index >= 15 is 0 Å². The highest BCUT2D eigenvalue weighted by Crippen LogP contribution is 2.30. The largest absolute Gasteiger partial charge is 0.479 e. The zero-order chi connectivity index (χ0) is 20.3. The molecule has 0 radical (unpaired) electrons. The number of carboxylic acid groups (broad SMARTS) is 1. The Balaban J connectivity index is 1.30. The van der Waals surface area contributed by atoms with Gasteiger partial charge >= 0.3 is 5.97 Å². The summed E-state index contributed by atoms with van der Waals surface area (Å²) in [5, 5.41) is 9.50. The molecule has 1 N–H and O–H groups in total. The van der Waals surface area contributed by atoms with E-state index in [0.29, 0.717) is 44.5 Å². The number of oxazole rings is 1. The molecule has 3 aromatic rings. The minimum Gasteiger partial charge on any atom is -0.479 e. The molecule has 0 bridgehead atoms. The van der Waals surface area contributed by atoms with Crippen LogP contribution in [0.5, 0.6) is 5.88 Å². The van der Waals surface area contributed by atoms with Crippen LogP contribution in [0.1, 0.15) is 18.4 Å². The van der Waals surface area contributed by atoms with Gasteiger partial charge in [-0.15, -0.1) is 0 Å². The molecule has 152 valence electrons. The van der Waals surface area contributed by atoms with Gasteiger partial charge in [-0.3, -0.25) is 0 Å². The zero-order valence-corrected chi connectivity index (χ0v) is 16.2. The van der Waals surface area contributed by atoms with E-state index in [9.17, 15) is 9.90 Å². The topological polar surface area (TPSA) is 97.9 Å². The fraction of sp³-hybridized carbons (Fsp3) is 0.381. The summed E-state index contributed by atoms with van der Waals surface area (Å²) in [4.78, 5) is 22.2. The van der Waals surface area contributed by atoms with E-state index in [4.69, 9.17) is 13.9 Å². The number of pyridine rings is 1. The summed E-state index contributed by atoms with van der Waals surface area (Å²) >= 11 is 0. The Morgan fingerprint density at radius 1 is 1.31 bits per heavy atom. The predicted molar refractivity (Wildman–Crippen MR) is 106 cm³/mol. The van der Waals surface area contributed by atoms with Crippen molar-refractivity contribution < 1.29 is 23.8 Å². The van der Waals surface area contributed by atoms with Crippen molar-refractivity contribution in [2.45, 2.75) is 24.9 Å². The van der Waals surface area contributed by atoms with Gasteiger partial charge in [0, 0.05) is 32.3 Å². The van der Waals surface area contributed by atoms with Gasteiger partial charge in [-0.25, -0.2) is 9.78 Å². The van der Waals surface area contributed by atoms with Crippen molar-refractivity contribution in [1.82, 2.24) is 9.97 Å². The van der Waals surface area contributed by atoms with Crippen LogP contribution in [0.3, 0.4) is 0 Å². The molecule has 4 rings (SSSR count). The first-order valence-corrected chi connectivity index (χ1v) is 9.58. The van der Waals surface area contributed by atoms with Crippen molar-refractivity contribution in [2.24, 2.45) is 0 Å². The van der Waals surface area contributed by atoms with Crippen molar-refractivity contribution in [3.05, 3.63) is 48.2 Å². The van der Waals surface area contributed by atoms with Crippen LogP contribution in [-0.2, 0) is 16.0 Å². The molecule has 1 aromatic carbocycles. The van der Waals surface area contributed by atoms with Crippen LogP contribution in [-0.4, -0.2) is 53.5 Å². The minimum absolute atomic E-state index is 0.302. The molecule has 0 saturated carbocycles. The average Bonchev–Trinajstić information content (AvgIpc) is 3.37. The highest BCUT2D eigenvalue weighted by molar-refractivity contribution is 5.78. The van der Waals surface area contributed by atoms with E-state index in [1.165, 1.54) is 0 Å². The number of para-hydroxylation sites is 2. The minimum atomic E-state index is -1.13. The lowest BCUT2D eigenvalue weighted by molar-refractivity contribution is -0.159. The second-order valence-electron chi connectivity index (χ2n) is 7.17. The molecule has 1 fully saturated rings. The van der Waals surface area contributed by atoms with E-state index in [1.54, 1.807) is 12.3 Å². The second kappa shape index (κ2) is 8.08. The van der Waals surface area contributed by atoms with Crippen LogP contribution >= 0.6 is 0 Å². The number of aliphatic carboxylic acids is 1. The first-order chi connectivity index (χ1) is 14.1. The first-order valence-electron chi connectivity index (χ1n) is 9.58. The number of anilines is 1. The van der Waals surface area contributed by atoms with Crippen LogP contribution in [0.25, 0.3) is 11.1 Å². The smallest absolute Gasteiger partial charge is 0.336 e. The summed E-state index contributed by atoms with van der Waals surface area (Å²) in [6.45, 7) is 1.46. The molecule has 8 heteroatoms. The van der Waals surface area contributed by atoms with E-state index in [0.717, 1.165) is 23.1 Å². The van der Waals surface area contributed by atoms with Gasteiger partial charge in [-0.1, -0.05) is 18.2 Å². The predicted octanol–water partition coefficient (Wildman–Crippen LogP) is 2.91. The Labute approximate surface area is 168 Å². The van der Waals surface area contributed by atoms with Crippen molar-refractivity contribution in [3.63, 3.8) is 0 Å². The molecule has 1 saturated heterocycles. The van der Waals surface area contributed by atoms with E-state index in [1.807, 2.05) is 42.3 Å². The van der Waals surface area contributed by atoms with Gasteiger partial charge < -0.3 is 23.9 Å². The van der Waals surface area contributed by atoms with E-state index < -0.39 is 11.6 Å². The summed E-state index contributed by atoms with van der Waals surface area (Å²) < 4.78 is 16.9. The number of aromatic nitrogens is 2. The number of ether oxygens (including phenoxy) is 2. The molecule has 1 aliphatic heterocycles. The third kappa shape index (κ3) is 4.17. The van der Waals surface area contributed by atoms with Crippen LogP contribution in [0.15, 0.2) is 47.0 Å². The van der Waals surface area contributed by atoms with E-state index in [-0.39, 0.29) is 0 Å². The van der Waals surface area contributed by atoms with Gasteiger partial charge in [0.1, 0.15) is 12.1 Å². The molecule has 0 spiro atoms. The molecule has 0 aliphatic carbocycles. The highest BCUT2D eigenvalue weighted by Gasteiger charge is 2.42. The summed E-state index contributed by atoms with van der Waals surface area (Å²) in [7, 11) is 1.89. The third-order valence-corrected chi connectivity index (χ3v) is 5.07. The van der Waals surface area contributed by atoms with Crippen LogP contribution in [0.4, 0.5) is 6.01 Å². The Kier molecular flexibility index (Phi) is 5.35. The molecule has 2 aromatic heterocycles. The van der Waals surface area contributed by atoms with Gasteiger partial charge in [-0.2, -0.15) is 4.98 Å². The monoisotopic (exact) mass is 397 g/mol. The lowest BCUT2D eigenvalue weighted by Gasteiger charge is -2.23. The fourth-order valence-electron chi connectivity index (χ4n) is 3.42. The maximum atomic E-state index is 11.6. The summed E-state index contributed by atoms with van der Waals surface area (Å²) in [5.74, 6) is -0.436.